The van der Waals surface area contributed by atoms with Crippen molar-refractivity contribution in [3.8, 4) is 6.01 Å². The lowest BCUT2D eigenvalue weighted by molar-refractivity contribution is 0.248. The largest absolute Gasteiger partial charge is 0.464 e. The van der Waals surface area contributed by atoms with Gasteiger partial charge >= 0.3 is 6.01 Å². The van der Waals surface area contributed by atoms with Gasteiger partial charge in [-0.05, 0) is 24.4 Å². The number of anilines is 1. The molecule has 2 N–H and O–H groups in total. The van der Waals surface area contributed by atoms with Crippen LogP contribution in [0.3, 0.4) is 0 Å². The number of ether oxygens (including phenoxy) is 1. The van der Waals surface area contributed by atoms with Crippen LogP contribution >= 0.6 is 11.6 Å². The van der Waals surface area contributed by atoms with Crippen molar-refractivity contribution in [2.45, 2.75) is 26.8 Å². The van der Waals surface area contributed by atoms with Gasteiger partial charge in [-0.15, -0.1) is 0 Å². The van der Waals surface area contributed by atoms with Crippen LogP contribution in [0.4, 0.5) is 5.95 Å². The Morgan fingerprint density at radius 1 is 1.35 bits per heavy atom. The van der Waals surface area contributed by atoms with Crippen molar-refractivity contribution in [3.05, 3.63) is 5.28 Å². The second kappa shape index (κ2) is 6.56. The highest BCUT2D eigenvalue weighted by molar-refractivity contribution is 6.28. The highest BCUT2D eigenvalue weighted by atomic mass is 35.5. The highest BCUT2D eigenvalue weighted by Crippen LogP contribution is 2.14. The Kier molecular flexibility index (Phi) is 5.37. The lowest BCUT2D eigenvalue weighted by Gasteiger charge is -2.19. The Morgan fingerprint density at radius 3 is 2.59 bits per heavy atom. The van der Waals surface area contributed by atoms with Gasteiger partial charge in [0, 0.05) is 0 Å². The van der Waals surface area contributed by atoms with Crippen LogP contribution < -0.4 is 10.1 Å². The molecule has 96 valence electrons. The maximum Gasteiger partial charge on any atom is 0.322 e. The van der Waals surface area contributed by atoms with Crippen molar-refractivity contribution in [2.75, 3.05) is 18.5 Å². The lowest BCUT2D eigenvalue weighted by atomic mass is 10.1. The van der Waals surface area contributed by atoms with Gasteiger partial charge in [-0.2, -0.15) is 15.0 Å². The molecule has 0 aromatic carbocycles. The topological polar surface area (TPSA) is 80.2 Å². The minimum Gasteiger partial charge on any atom is -0.464 e. The number of aliphatic hydroxyl groups is 1. The van der Waals surface area contributed by atoms with Gasteiger partial charge in [0.05, 0.1) is 19.3 Å². The minimum absolute atomic E-state index is 0.00899. The first kappa shape index (κ1) is 13.9. The summed E-state index contributed by atoms with van der Waals surface area (Å²) >= 11 is 5.75. The molecule has 1 rings (SSSR count). The number of nitrogens with one attached hydrogen (secondary N) is 1. The van der Waals surface area contributed by atoms with E-state index in [-0.39, 0.29) is 29.9 Å². The SMILES string of the molecule is CCOc1nc(Cl)nc(N[C@H](CO)C(C)C)n1. The smallest absolute Gasteiger partial charge is 0.322 e. The third-order valence-corrected chi connectivity index (χ3v) is 2.35. The average molecular weight is 261 g/mol. The van der Waals surface area contributed by atoms with Gasteiger partial charge in [0.25, 0.3) is 0 Å². The summed E-state index contributed by atoms with van der Waals surface area (Å²) in [5.41, 5.74) is 0. The fraction of sp³-hybridized carbons (Fsp3) is 0.700. The first-order chi connectivity index (χ1) is 8.06. The quantitative estimate of drug-likeness (QED) is 0.804. The number of rotatable bonds is 6. The Labute approximate surface area is 105 Å². The van der Waals surface area contributed by atoms with Gasteiger partial charge in [0.1, 0.15) is 0 Å². The minimum atomic E-state index is -0.136. The normalized spacial score (nSPS) is 12.6. The average Bonchev–Trinajstić information content (AvgIpc) is 2.25. The first-order valence-corrected chi connectivity index (χ1v) is 5.86. The fourth-order valence-corrected chi connectivity index (χ4v) is 1.33. The van der Waals surface area contributed by atoms with Gasteiger partial charge in [-0.3, -0.25) is 0 Å². The van der Waals surface area contributed by atoms with E-state index in [1.807, 2.05) is 20.8 Å². The third-order valence-electron chi connectivity index (χ3n) is 2.18. The van der Waals surface area contributed by atoms with Crippen LogP contribution in [0.15, 0.2) is 0 Å². The van der Waals surface area contributed by atoms with Crippen molar-refractivity contribution in [1.29, 1.82) is 0 Å². The summed E-state index contributed by atoms with van der Waals surface area (Å²) in [4.78, 5) is 11.8. The van der Waals surface area contributed by atoms with Crippen molar-refractivity contribution < 1.29 is 9.84 Å². The second-order valence-corrected chi connectivity index (χ2v) is 4.16. The molecular weight excluding hydrogens is 244 g/mol. The molecule has 0 spiro atoms. The monoisotopic (exact) mass is 260 g/mol. The molecule has 0 saturated carbocycles. The number of aromatic nitrogens is 3. The second-order valence-electron chi connectivity index (χ2n) is 3.82. The number of hydrogen-bond donors (Lipinski definition) is 2. The maximum atomic E-state index is 9.20. The Bertz CT molecular complexity index is 362. The summed E-state index contributed by atoms with van der Waals surface area (Å²) in [6, 6.07) is 0.0402. The van der Waals surface area contributed by atoms with Crippen LogP contribution in [-0.2, 0) is 0 Å². The summed E-state index contributed by atoms with van der Waals surface area (Å²) < 4.78 is 5.15. The van der Waals surface area contributed by atoms with Crippen LogP contribution in [0, 0.1) is 5.92 Å². The Morgan fingerprint density at radius 2 is 2.06 bits per heavy atom. The Balaban J connectivity index is 2.82. The van der Waals surface area contributed by atoms with Gasteiger partial charge in [-0.25, -0.2) is 0 Å². The van der Waals surface area contributed by atoms with E-state index in [2.05, 4.69) is 20.3 Å². The zero-order valence-electron chi connectivity index (χ0n) is 10.1. The Hall–Kier alpha value is -1.14. The molecule has 1 aromatic rings. The van der Waals surface area contributed by atoms with E-state index in [9.17, 15) is 5.11 Å². The standard InChI is InChI=1S/C10H17ClN4O2/c1-4-17-10-14-8(11)13-9(15-10)12-7(5-16)6(2)3/h6-7,16H,4-5H2,1-3H3,(H,12,13,14,15)/t7-/m1/s1. The lowest BCUT2D eigenvalue weighted by Crippen LogP contribution is -2.30. The van der Waals surface area contributed by atoms with E-state index in [0.29, 0.717) is 12.6 Å². The van der Waals surface area contributed by atoms with Gasteiger partial charge in [0.2, 0.25) is 11.2 Å². The van der Waals surface area contributed by atoms with E-state index < -0.39 is 0 Å². The highest BCUT2D eigenvalue weighted by Gasteiger charge is 2.14. The van der Waals surface area contributed by atoms with Crippen molar-refractivity contribution in [2.24, 2.45) is 5.92 Å². The molecular formula is C10H17ClN4O2. The predicted molar refractivity (Wildman–Crippen MR) is 65.3 cm³/mol. The van der Waals surface area contributed by atoms with Gasteiger partial charge in [-0.1, -0.05) is 13.8 Å². The van der Waals surface area contributed by atoms with E-state index >= 15 is 0 Å². The molecule has 0 bridgehead atoms. The van der Waals surface area contributed by atoms with E-state index in [1.165, 1.54) is 0 Å². The maximum absolute atomic E-state index is 9.20. The molecule has 7 heteroatoms. The van der Waals surface area contributed by atoms with Gasteiger partial charge in [0.15, 0.2) is 0 Å². The number of aliphatic hydroxyl groups excluding tert-OH is 1. The summed E-state index contributed by atoms with van der Waals surface area (Å²) in [6.45, 7) is 6.24. The molecule has 0 aliphatic rings. The molecule has 1 aromatic heterocycles. The molecule has 6 nitrogen and oxygen atoms in total. The molecule has 0 saturated heterocycles. The van der Waals surface area contributed by atoms with E-state index in [1.54, 1.807) is 0 Å². The predicted octanol–water partition coefficient (Wildman–Crippen LogP) is 1.35. The molecule has 0 amide bonds. The zero-order chi connectivity index (χ0) is 12.8. The van der Waals surface area contributed by atoms with Crippen LogP contribution in [0.25, 0.3) is 0 Å². The fourth-order valence-electron chi connectivity index (χ4n) is 1.18. The molecule has 0 radical (unpaired) electrons. The summed E-state index contributed by atoms with van der Waals surface area (Å²) in [5.74, 6) is 0.548. The van der Waals surface area contributed by atoms with Gasteiger partial charge < -0.3 is 15.2 Å². The van der Waals surface area contributed by atoms with Crippen LogP contribution in [0.2, 0.25) is 5.28 Å². The van der Waals surface area contributed by atoms with Crippen LogP contribution in [0.1, 0.15) is 20.8 Å². The third kappa shape index (κ3) is 4.32. The molecule has 0 aliphatic carbocycles. The number of halogens is 1. The zero-order valence-corrected chi connectivity index (χ0v) is 10.9. The van der Waals surface area contributed by atoms with Crippen LogP contribution in [-0.4, -0.2) is 39.3 Å². The van der Waals surface area contributed by atoms with Crippen molar-refractivity contribution in [3.63, 3.8) is 0 Å². The molecule has 17 heavy (non-hydrogen) atoms. The van der Waals surface area contributed by atoms with Crippen molar-refractivity contribution in [1.82, 2.24) is 15.0 Å². The number of hydrogen-bond acceptors (Lipinski definition) is 6. The van der Waals surface area contributed by atoms with Crippen LogP contribution in [0.5, 0.6) is 6.01 Å². The van der Waals surface area contributed by atoms with Crippen molar-refractivity contribution >= 4 is 17.5 Å². The number of nitrogens with zero attached hydrogens (tertiary/aromatic N) is 3. The molecule has 1 heterocycles. The molecule has 0 unspecified atom stereocenters. The summed E-state index contributed by atoms with van der Waals surface area (Å²) in [5, 5.41) is 12.3. The molecule has 0 aliphatic heterocycles. The van der Waals surface area contributed by atoms with E-state index in [4.69, 9.17) is 16.3 Å². The molecule has 0 fully saturated rings. The molecule has 1 atom stereocenters. The summed E-state index contributed by atoms with van der Waals surface area (Å²) in [7, 11) is 0. The van der Waals surface area contributed by atoms with E-state index in [0.717, 1.165) is 0 Å². The first-order valence-electron chi connectivity index (χ1n) is 5.48. The summed E-state index contributed by atoms with van der Waals surface area (Å²) in [6.07, 6.45) is 0.